The van der Waals surface area contributed by atoms with E-state index in [0.717, 1.165) is 38.4 Å². The van der Waals surface area contributed by atoms with Gasteiger partial charge in [-0.2, -0.15) is 0 Å². The van der Waals surface area contributed by atoms with Crippen LogP contribution in [0.1, 0.15) is 22.6 Å². The van der Waals surface area contributed by atoms with Gasteiger partial charge in [0.1, 0.15) is 6.61 Å². The van der Waals surface area contributed by atoms with E-state index in [4.69, 9.17) is 9.47 Å². The molecule has 0 bridgehead atoms. The molecule has 1 heterocycles. The summed E-state index contributed by atoms with van der Waals surface area (Å²) in [6, 6.07) is 27.7. The molecule has 0 radical (unpaired) electrons. The summed E-state index contributed by atoms with van der Waals surface area (Å²) in [4.78, 5) is 14.5. The van der Waals surface area contributed by atoms with Crippen LogP contribution in [0.4, 0.5) is 0 Å². The summed E-state index contributed by atoms with van der Waals surface area (Å²) in [6.45, 7) is 0.166. The first-order valence-electron chi connectivity index (χ1n) is 11.1. The van der Waals surface area contributed by atoms with Crippen molar-refractivity contribution in [3.05, 3.63) is 118 Å². The maximum atomic E-state index is 11.5. The van der Waals surface area contributed by atoms with Crippen LogP contribution in [0.2, 0.25) is 0 Å². The summed E-state index contributed by atoms with van der Waals surface area (Å²) in [7, 11) is 1.58. The lowest BCUT2D eigenvalue weighted by Crippen LogP contribution is -2.14. The first-order valence-corrected chi connectivity index (χ1v) is 11.1. The third-order valence-electron chi connectivity index (χ3n) is 6.18. The van der Waals surface area contributed by atoms with Gasteiger partial charge in [0.2, 0.25) is 6.54 Å². The summed E-state index contributed by atoms with van der Waals surface area (Å²) < 4.78 is 11.8. The molecule has 0 spiro atoms. The average Bonchev–Trinajstić information content (AvgIpc) is 3.30. The zero-order valence-electron chi connectivity index (χ0n) is 18.7. The lowest BCUT2D eigenvalue weighted by molar-refractivity contribution is -0.481. The molecule has 6 nitrogen and oxygen atoms in total. The van der Waals surface area contributed by atoms with Gasteiger partial charge in [0, 0.05) is 22.0 Å². The van der Waals surface area contributed by atoms with Gasteiger partial charge in [-0.3, -0.25) is 10.1 Å². The number of methoxy groups -OCH3 is 1. The van der Waals surface area contributed by atoms with Crippen molar-refractivity contribution in [2.24, 2.45) is 0 Å². The monoisotopic (exact) mass is 452 g/mol. The van der Waals surface area contributed by atoms with E-state index in [-0.39, 0.29) is 11.5 Å². The number of H-pyrrole nitrogens is 1. The highest BCUT2D eigenvalue weighted by Gasteiger charge is 2.24. The Morgan fingerprint density at radius 2 is 1.68 bits per heavy atom. The second-order valence-electron chi connectivity index (χ2n) is 8.19. The predicted molar refractivity (Wildman–Crippen MR) is 133 cm³/mol. The molecule has 0 amide bonds. The van der Waals surface area contributed by atoms with Gasteiger partial charge in [-0.1, -0.05) is 66.7 Å². The summed E-state index contributed by atoms with van der Waals surface area (Å²) >= 11 is 0. The van der Waals surface area contributed by atoms with Crippen LogP contribution < -0.4 is 9.47 Å². The number of aromatic amines is 1. The fourth-order valence-corrected chi connectivity index (χ4v) is 4.51. The highest BCUT2D eigenvalue weighted by atomic mass is 16.6. The maximum absolute atomic E-state index is 11.5. The minimum absolute atomic E-state index is 0.221. The summed E-state index contributed by atoms with van der Waals surface area (Å²) in [5.41, 5.74) is 3.72. The molecule has 34 heavy (non-hydrogen) atoms. The molecule has 5 aromatic rings. The van der Waals surface area contributed by atoms with Crippen LogP contribution in [0.3, 0.4) is 0 Å². The van der Waals surface area contributed by atoms with E-state index in [0.29, 0.717) is 18.1 Å². The molecule has 0 saturated heterocycles. The van der Waals surface area contributed by atoms with Crippen molar-refractivity contribution >= 4 is 21.7 Å². The molecule has 1 N–H and O–H groups in total. The molecule has 0 aliphatic heterocycles. The molecule has 1 atom stereocenters. The average molecular weight is 453 g/mol. The van der Waals surface area contributed by atoms with E-state index in [2.05, 4.69) is 23.2 Å². The quantitative estimate of drug-likeness (QED) is 0.221. The van der Waals surface area contributed by atoms with Gasteiger partial charge in [-0.25, -0.2) is 0 Å². The number of benzene rings is 4. The number of nitro groups is 1. The van der Waals surface area contributed by atoms with E-state index >= 15 is 0 Å². The molecule has 6 heteroatoms. The molecule has 0 saturated carbocycles. The highest BCUT2D eigenvalue weighted by Crippen LogP contribution is 2.36. The Labute approximate surface area is 196 Å². The van der Waals surface area contributed by atoms with Gasteiger partial charge in [0.15, 0.2) is 11.5 Å². The molecule has 0 aliphatic rings. The minimum atomic E-state index is -0.424. The fourth-order valence-electron chi connectivity index (χ4n) is 4.51. The number of rotatable bonds is 8. The van der Waals surface area contributed by atoms with E-state index < -0.39 is 5.92 Å². The fraction of sp³-hybridized carbons (Fsp3) is 0.143. The number of nitrogens with zero attached hydrogens (tertiary/aromatic N) is 1. The van der Waals surface area contributed by atoms with Crippen molar-refractivity contribution in [2.75, 3.05) is 13.7 Å². The van der Waals surface area contributed by atoms with Gasteiger partial charge < -0.3 is 14.5 Å². The molecule has 1 aromatic heterocycles. The zero-order chi connectivity index (χ0) is 23.5. The SMILES string of the molecule is COc1cc([C@H](C[N+](=O)[O-])c2c[nH]c3ccccc23)ccc1OCc1cccc2ccccc12. The largest absolute Gasteiger partial charge is 0.493 e. The van der Waals surface area contributed by atoms with Gasteiger partial charge in [0.05, 0.1) is 13.0 Å². The normalized spacial score (nSPS) is 12.0. The van der Waals surface area contributed by atoms with Crippen molar-refractivity contribution < 1.29 is 14.4 Å². The first kappa shape index (κ1) is 21.5. The smallest absolute Gasteiger partial charge is 0.214 e. The standard InChI is InChI=1S/C28H24N2O4/c1-33-28-15-20(25(17-30(31)32)24-16-29-26-12-5-4-11-23(24)26)13-14-27(28)34-18-21-9-6-8-19-7-2-3-10-22(19)21/h2-16,25,29H,17-18H2,1H3/t25-/m0/s1. The van der Waals surface area contributed by atoms with E-state index in [9.17, 15) is 10.1 Å². The topological polar surface area (TPSA) is 77.4 Å². The summed E-state index contributed by atoms with van der Waals surface area (Å²) in [5, 5.41) is 14.8. The Morgan fingerprint density at radius 1 is 0.912 bits per heavy atom. The Bertz CT molecular complexity index is 1470. The van der Waals surface area contributed by atoms with Crippen molar-refractivity contribution in [2.45, 2.75) is 12.5 Å². The molecule has 170 valence electrons. The second-order valence-corrected chi connectivity index (χ2v) is 8.19. The van der Waals surface area contributed by atoms with Crippen LogP contribution in [0.15, 0.2) is 91.1 Å². The predicted octanol–water partition coefficient (Wildman–Crippen LogP) is 6.32. The molecular formula is C28H24N2O4. The minimum Gasteiger partial charge on any atom is -0.493 e. The number of nitrogens with one attached hydrogen (secondary N) is 1. The van der Waals surface area contributed by atoms with Crippen LogP contribution in [0, 0.1) is 10.1 Å². The number of ether oxygens (including phenoxy) is 2. The van der Waals surface area contributed by atoms with Crippen LogP contribution in [0.25, 0.3) is 21.7 Å². The van der Waals surface area contributed by atoms with Crippen molar-refractivity contribution in [1.29, 1.82) is 0 Å². The van der Waals surface area contributed by atoms with Gasteiger partial charge in [-0.15, -0.1) is 0 Å². The molecule has 0 aliphatic carbocycles. The highest BCUT2D eigenvalue weighted by molar-refractivity contribution is 5.86. The maximum Gasteiger partial charge on any atom is 0.214 e. The Morgan fingerprint density at radius 3 is 2.50 bits per heavy atom. The van der Waals surface area contributed by atoms with E-state index in [1.165, 1.54) is 0 Å². The van der Waals surface area contributed by atoms with Crippen LogP contribution in [-0.2, 0) is 6.61 Å². The number of aromatic nitrogens is 1. The second kappa shape index (κ2) is 9.27. The molecular weight excluding hydrogens is 428 g/mol. The number of hydrogen-bond donors (Lipinski definition) is 1. The van der Waals surface area contributed by atoms with Crippen molar-refractivity contribution in [1.82, 2.24) is 4.98 Å². The lowest BCUT2D eigenvalue weighted by atomic mass is 9.90. The first-order chi connectivity index (χ1) is 16.6. The third-order valence-corrected chi connectivity index (χ3v) is 6.18. The van der Waals surface area contributed by atoms with Crippen LogP contribution in [-0.4, -0.2) is 23.6 Å². The molecule has 0 unspecified atom stereocenters. The van der Waals surface area contributed by atoms with Crippen molar-refractivity contribution in [3.8, 4) is 11.5 Å². The summed E-state index contributed by atoms with van der Waals surface area (Å²) in [5.74, 6) is 0.719. The number of hydrogen-bond acceptors (Lipinski definition) is 4. The lowest BCUT2D eigenvalue weighted by Gasteiger charge is -2.17. The van der Waals surface area contributed by atoms with Gasteiger partial charge in [0.25, 0.3) is 0 Å². The molecule has 0 fully saturated rings. The van der Waals surface area contributed by atoms with Gasteiger partial charge >= 0.3 is 0 Å². The summed E-state index contributed by atoms with van der Waals surface area (Å²) in [6.07, 6.45) is 1.86. The number of para-hydroxylation sites is 1. The Kier molecular flexibility index (Phi) is 5.87. The molecule has 5 rings (SSSR count). The van der Waals surface area contributed by atoms with E-state index in [1.54, 1.807) is 7.11 Å². The van der Waals surface area contributed by atoms with Crippen LogP contribution >= 0.6 is 0 Å². The van der Waals surface area contributed by atoms with E-state index in [1.807, 2.05) is 72.9 Å². The van der Waals surface area contributed by atoms with Crippen LogP contribution in [0.5, 0.6) is 11.5 Å². The van der Waals surface area contributed by atoms with Gasteiger partial charge in [-0.05, 0) is 45.7 Å². The number of fused-ring (bicyclic) bond motifs is 2. The van der Waals surface area contributed by atoms with Crippen molar-refractivity contribution in [3.63, 3.8) is 0 Å². The Hall–Kier alpha value is -4.32. The molecule has 4 aromatic carbocycles. The Balaban J connectivity index is 1.46. The zero-order valence-corrected chi connectivity index (χ0v) is 18.7. The third kappa shape index (κ3) is 4.18.